The van der Waals surface area contributed by atoms with Gasteiger partial charge in [-0.2, -0.15) is 13.2 Å². The van der Waals surface area contributed by atoms with Gasteiger partial charge >= 0.3 is 6.18 Å². The fraction of sp³-hybridized carbons (Fsp3) is 0.200. The van der Waals surface area contributed by atoms with Crippen LogP contribution in [0.25, 0.3) is 10.6 Å². The molecule has 156 valence electrons. The summed E-state index contributed by atoms with van der Waals surface area (Å²) in [6, 6.07) is 10.5. The minimum Gasteiger partial charge on any atom is -0.341 e. The van der Waals surface area contributed by atoms with E-state index in [0.717, 1.165) is 35.4 Å². The van der Waals surface area contributed by atoms with Crippen molar-refractivity contribution in [2.75, 3.05) is 5.32 Å². The molecule has 30 heavy (non-hydrogen) atoms. The van der Waals surface area contributed by atoms with E-state index in [1.165, 1.54) is 18.3 Å². The first kappa shape index (κ1) is 21.4. The lowest BCUT2D eigenvalue weighted by molar-refractivity contribution is -0.137. The number of aryl methyl sites for hydroxylation is 1. The Kier molecular flexibility index (Phi) is 6.16. The molecule has 2 amide bonds. The van der Waals surface area contributed by atoms with Crippen molar-refractivity contribution in [1.82, 2.24) is 15.5 Å². The van der Waals surface area contributed by atoms with Crippen molar-refractivity contribution in [2.45, 2.75) is 26.1 Å². The number of carbonyl (C=O) groups excluding carboxylic acids is 2. The number of hydrogen-bond acceptors (Lipinski definition) is 5. The highest BCUT2D eigenvalue weighted by molar-refractivity contribution is 7.18. The summed E-state index contributed by atoms with van der Waals surface area (Å²) in [4.78, 5) is 24.5. The van der Waals surface area contributed by atoms with E-state index in [1.54, 1.807) is 0 Å². The maximum Gasteiger partial charge on any atom is 0.416 e. The molecule has 1 heterocycles. The molecule has 1 atom stereocenters. The molecule has 0 aliphatic heterocycles. The van der Waals surface area contributed by atoms with E-state index in [-0.39, 0.29) is 10.7 Å². The Labute approximate surface area is 174 Å². The highest BCUT2D eigenvalue weighted by atomic mass is 32.1. The summed E-state index contributed by atoms with van der Waals surface area (Å²) < 4.78 is 37.8. The highest BCUT2D eigenvalue weighted by Gasteiger charge is 2.30. The minimum absolute atomic E-state index is 0.0141. The average molecular weight is 434 g/mol. The number of aromatic nitrogens is 2. The Hall–Kier alpha value is -3.27. The number of rotatable bonds is 5. The van der Waals surface area contributed by atoms with Gasteiger partial charge in [-0.05, 0) is 38.1 Å². The summed E-state index contributed by atoms with van der Waals surface area (Å²) in [6.07, 6.45) is -4.48. The van der Waals surface area contributed by atoms with Gasteiger partial charge in [0.15, 0.2) is 0 Å². The van der Waals surface area contributed by atoms with E-state index in [9.17, 15) is 22.8 Å². The monoisotopic (exact) mass is 434 g/mol. The molecule has 0 saturated carbocycles. The van der Waals surface area contributed by atoms with Crippen molar-refractivity contribution < 1.29 is 22.8 Å². The molecule has 0 aliphatic carbocycles. The Bertz CT molecular complexity index is 1050. The van der Waals surface area contributed by atoms with Crippen LogP contribution in [0.2, 0.25) is 0 Å². The lowest BCUT2D eigenvalue weighted by atomic mass is 10.1. The van der Waals surface area contributed by atoms with Crippen molar-refractivity contribution in [3.05, 3.63) is 65.2 Å². The molecule has 3 aromatic rings. The molecule has 0 fully saturated rings. The number of halogens is 3. The second kappa shape index (κ2) is 8.62. The first-order chi connectivity index (χ1) is 14.1. The van der Waals surface area contributed by atoms with Crippen LogP contribution >= 0.6 is 11.3 Å². The third-order valence-electron chi connectivity index (χ3n) is 4.17. The van der Waals surface area contributed by atoms with Gasteiger partial charge < -0.3 is 5.32 Å². The maximum atomic E-state index is 12.6. The summed E-state index contributed by atoms with van der Waals surface area (Å²) in [5, 5.41) is 13.9. The Balaban J connectivity index is 1.59. The molecular weight excluding hydrogens is 417 g/mol. The van der Waals surface area contributed by atoms with Crippen LogP contribution < -0.4 is 10.6 Å². The van der Waals surface area contributed by atoms with Crippen LogP contribution in [0.1, 0.15) is 28.4 Å². The molecule has 1 unspecified atom stereocenters. The number of anilines is 1. The topological polar surface area (TPSA) is 84.0 Å². The zero-order chi connectivity index (χ0) is 21.9. The van der Waals surface area contributed by atoms with Crippen LogP contribution in [-0.2, 0) is 11.0 Å². The van der Waals surface area contributed by atoms with E-state index in [1.807, 2.05) is 31.2 Å². The van der Waals surface area contributed by atoms with Crippen molar-refractivity contribution in [3.63, 3.8) is 0 Å². The van der Waals surface area contributed by atoms with E-state index in [4.69, 9.17) is 0 Å². The number of amides is 2. The second-order valence-electron chi connectivity index (χ2n) is 6.54. The SMILES string of the molecule is Cc1ccc(-c2nnc(NC(=O)C(C)NC(=O)c3ccc(C(F)(F)F)cc3)s2)cc1. The molecule has 6 nitrogen and oxygen atoms in total. The Morgan fingerprint density at radius 1 is 1.00 bits per heavy atom. The number of alkyl halides is 3. The number of nitrogens with zero attached hydrogens (tertiary/aromatic N) is 2. The lowest BCUT2D eigenvalue weighted by Crippen LogP contribution is -2.41. The molecule has 10 heteroatoms. The molecule has 0 aliphatic rings. The third-order valence-corrected chi connectivity index (χ3v) is 5.06. The van der Waals surface area contributed by atoms with Gasteiger partial charge in [0, 0.05) is 11.1 Å². The molecule has 2 N–H and O–H groups in total. The number of carbonyl (C=O) groups is 2. The largest absolute Gasteiger partial charge is 0.416 e. The predicted molar refractivity (Wildman–Crippen MR) is 107 cm³/mol. The Morgan fingerprint density at radius 3 is 2.23 bits per heavy atom. The number of hydrogen-bond donors (Lipinski definition) is 2. The van der Waals surface area contributed by atoms with Gasteiger partial charge in [0.2, 0.25) is 11.0 Å². The van der Waals surface area contributed by atoms with Gasteiger partial charge in [0.25, 0.3) is 5.91 Å². The molecule has 0 bridgehead atoms. The van der Waals surface area contributed by atoms with E-state index < -0.39 is 29.6 Å². The number of benzene rings is 2. The maximum absolute atomic E-state index is 12.6. The van der Waals surface area contributed by atoms with Gasteiger partial charge in [-0.25, -0.2) is 0 Å². The average Bonchev–Trinajstić information content (AvgIpc) is 3.16. The van der Waals surface area contributed by atoms with Crippen LogP contribution in [0, 0.1) is 6.92 Å². The predicted octanol–water partition coefficient (Wildman–Crippen LogP) is 4.29. The third kappa shape index (κ3) is 5.20. The van der Waals surface area contributed by atoms with Gasteiger partial charge in [0.05, 0.1) is 5.56 Å². The molecule has 1 aromatic heterocycles. The smallest absolute Gasteiger partial charge is 0.341 e. The molecular formula is C20H17F3N4O2S. The summed E-state index contributed by atoms with van der Waals surface area (Å²) in [5.74, 6) is -1.19. The van der Waals surface area contributed by atoms with Crippen LogP contribution in [0.4, 0.5) is 18.3 Å². The highest BCUT2D eigenvalue weighted by Crippen LogP contribution is 2.29. The summed E-state index contributed by atoms with van der Waals surface area (Å²) in [7, 11) is 0. The van der Waals surface area contributed by atoms with Gasteiger partial charge in [-0.1, -0.05) is 41.2 Å². The molecule has 0 radical (unpaired) electrons. The fourth-order valence-corrected chi connectivity index (χ4v) is 3.21. The molecule has 0 spiro atoms. The summed E-state index contributed by atoms with van der Waals surface area (Å²) in [5.41, 5.74) is 1.13. The molecule has 0 saturated heterocycles. The standard InChI is InChI=1S/C20H17F3N4O2S/c1-11-3-5-14(6-4-11)18-26-27-19(30-18)25-16(28)12(2)24-17(29)13-7-9-15(10-8-13)20(21,22)23/h3-10,12H,1-2H3,(H,24,29)(H,25,27,28). The van der Waals surface area contributed by atoms with Gasteiger partial charge in [-0.15, -0.1) is 10.2 Å². The van der Waals surface area contributed by atoms with Crippen LogP contribution in [0.5, 0.6) is 0 Å². The Morgan fingerprint density at radius 2 is 1.63 bits per heavy atom. The van der Waals surface area contributed by atoms with Crippen molar-refractivity contribution in [2.24, 2.45) is 0 Å². The lowest BCUT2D eigenvalue weighted by Gasteiger charge is -2.13. The van der Waals surface area contributed by atoms with Gasteiger partial charge in [-0.3, -0.25) is 14.9 Å². The second-order valence-corrected chi connectivity index (χ2v) is 7.52. The van der Waals surface area contributed by atoms with Crippen LogP contribution in [0.3, 0.4) is 0 Å². The zero-order valence-electron chi connectivity index (χ0n) is 15.9. The minimum atomic E-state index is -4.48. The van der Waals surface area contributed by atoms with E-state index in [0.29, 0.717) is 5.01 Å². The van der Waals surface area contributed by atoms with Crippen molar-refractivity contribution in [1.29, 1.82) is 0 Å². The van der Waals surface area contributed by atoms with E-state index >= 15 is 0 Å². The zero-order valence-corrected chi connectivity index (χ0v) is 16.8. The first-order valence-corrected chi connectivity index (χ1v) is 9.64. The fourth-order valence-electron chi connectivity index (χ4n) is 2.46. The normalized spacial score (nSPS) is 12.3. The molecule has 2 aromatic carbocycles. The first-order valence-electron chi connectivity index (χ1n) is 8.83. The van der Waals surface area contributed by atoms with Crippen LogP contribution in [0.15, 0.2) is 48.5 Å². The van der Waals surface area contributed by atoms with Gasteiger partial charge in [0.1, 0.15) is 11.0 Å². The van der Waals surface area contributed by atoms with Crippen LogP contribution in [-0.4, -0.2) is 28.1 Å². The van der Waals surface area contributed by atoms with Crippen molar-refractivity contribution in [3.8, 4) is 10.6 Å². The summed E-state index contributed by atoms with van der Waals surface area (Å²) in [6.45, 7) is 3.43. The molecule has 3 rings (SSSR count). The van der Waals surface area contributed by atoms with Crippen molar-refractivity contribution >= 4 is 28.3 Å². The quantitative estimate of drug-likeness (QED) is 0.628. The summed E-state index contributed by atoms with van der Waals surface area (Å²) >= 11 is 1.18. The van der Waals surface area contributed by atoms with E-state index in [2.05, 4.69) is 20.8 Å². The number of nitrogens with one attached hydrogen (secondary N) is 2.